The van der Waals surface area contributed by atoms with Crippen molar-refractivity contribution in [1.82, 2.24) is 9.71 Å². The second-order valence-corrected chi connectivity index (χ2v) is 5.48. The van der Waals surface area contributed by atoms with E-state index in [-0.39, 0.29) is 23.9 Å². The number of ether oxygens (including phenoxy) is 1. The number of hydrogen-bond donors (Lipinski definition) is 2. The first-order valence-corrected chi connectivity index (χ1v) is 7.50. The number of aromatic nitrogens is 1. The van der Waals surface area contributed by atoms with Crippen LogP contribution in [0.5, 0.6) is 0 Å². The van der Waals surface area contributed by atoms with Crippen molar-refractivity contribution >= 4 is 15.8 Å². The van der Waals surface area contributed by atoms with Gasteiger partial charge in [-0.15, -0.1) is 0 Å². The minimum Gasteiger partial charge on any atom is -0.374 e. The molecule has 9 heteroatoms. The predicted octanol–water partition coefficient (Wildman–Crippen LogP) is 1.07. The number of nitrogens with one attached hydrogen (secondary N) is 2. The predicted molar refractivity (Wildman–Crippen MR) is 70.4 cm³/mol. The van der Waals surface area contributed by atoms with Crippen molar-refractivity contribution < 1.29 is 21.9 Å². The molecule has 1 rings (SSSR count). The maximum atomic E-state index is 12.0. The summed E-state index contributed by atoms with van der Waals surface area (Å²) in [4.78, 5) is 3.95. The van der Waals surface area contributed by atoms with Gasteiger partial charge in [-0.1, -0.05) is 0 Å². The van der Waals surface area contributed by atoms with E-state index in [1.807, 2.05) is 6.92 Å². The fourth-order valence-electron chi connectivity index (χ4n) is 1.41. The number of anilines is 1. The Morgan fingerprint density at radius 2 is 2.20 bits per heavy atom. The maximum absolute atomic E-state index is 12.0. The van der Waals surface area contributed by atoms with Crippen molar-refractivity contribution in [3.05, 3.63) is 18.3 Å². The number of rotatable bonds is 9. The lowest BCUT2D eigenvalue weighted by atomic mass is 10.4. The lowest BCUT2D eigenvalue weighted by molar-refractivity contribution is 0.0199. The Hall–Kier alpha value is -1.32. The standard InChI is InChI=1S/C11H17F2N3O3S/c1-2-14-11-9(4-3-5-15-11)20(17,18)16-6-7-19-8-10(12)13/h3-5,10,16H,2,6-8H2,1H3,(H,14,15). The van der Waals surface area contributed by atoms with Crippen LogP contribution in [0, 0.1) is 0 Å². The Kier molecular flexibility index (Phi) is 6.76. The Balaban J connectivity index is 2.60. The molecule has 0 aliphatic heterocycles. The molecule has 0 amide bonds. The molecule has 1 heterocycles. The van der Waals surface area contributed by atoms with Crippen LogP contribution in [0.4, 0.5) is 14.6 Å². The molecule has 0 aliphatic carbocycles. The molecular formula is C11H17F2N3O3S. The van der Waals surface area contributed by atoms with Crippen molar-refractivity contribution in [2.75, 3.05) is 31.6 Å². The quantitative estimate of drug-likeness (QED) is 0.667. The fourth-order valence-corrected chi connectivity index (χ4v) is 2.55. The first-order valence-electron chi connectivity index (χ1n) is 6.01. The monoisotopic (exact) mass is 309 g/mol. The second kappa shape index (κ2) is 8.08. The molecule has 0 spiro atoms. The molecule has 1 aromatic heterocycles. The third-order valence-corrected chi connectivity index (χ3v) is 3.68. The lowest BCUT2D eigenvalue weighted by Gasteiger charge is -2.11. The molecule has 0 saturated heterocycles. The van der Waals surface area contributed by atoms with E-state index in [0.29, 0.717) is 6.54 Å². The highest BCUT2D eigenvalue weighted by molar-refractivity contribution is 7.89. The number of alkyl halides is 2. The third kappa shape index (κ3) is 5.35. The van der Waals surface area contributed by atoms with Gasteiger partial charge in [0.2, 0.25) is 10.0 Å². The topological polar surface area (TPSA) is 80.3 Å². The van der Waals surface area contributed by atoms with Crippen molar-refractivity contribution in [2.24, 2.45) is 0 Å². The smallest absolute Gasteiger partial charge is 0.261 e. The molecular weight excluding hydrogens is 292 g/mol. The molecule has 0 saturated carbocycles. The van der Waals surface area contributed by atoms with Crippen molar-refractivity contribution in [1.29, 1.82) is 0 Å². The molecule has 0 radical (unpaired) electrons. The van der Waals surface area contributed by atoms with E-state index in [1.54, 1.807) is 0 Å². The molecule has 0 bridgehead atoms. The molecule has 20 heavy (non-hydrogen) atoms. The number of sulfonamides is 1. The second-order valence-electron chi connectivity index (χ2n) is 3.74. The van der Waals surface area contributed by atoms with Gasteiger partial charge in [0, 0.05) is 19.3 Å². The van der Waals surface area contributed by atoms with Gasteiger partial charge in [-0.3, -0.25) is 0 Å². The summed E-state index contributed by atoms with van der Waals surface area (Å²) in [6.07, 6.45) is -1.09. The molecule has 0 unspecified atom stereocenters. The van der Waals surface area contributed by atoms with Gasteiger partial charge >= 0.3 is 0 Å². The molecule has 2 N–H and O–H groups in total. The molecule has 1 aromatic rings. The van der Waals surface area contributed by atoms with Crippen LogP contribution in [-0.2, 0) is 14.8 Å². The highest BCUT2D eigenvalue weighted by Gasteiger charge is 2.18. The zero-order valence-corrected chi connectivity index (χ0v) is 11.8. The van der Waals surface area contributed by atoms with Crippen molar-refractivity contribution in [3.63, 3.8) is 0 Å². The Morgan fingerprint density at radius 1 is 1.45 bits per heavy atom. The van der Waals surface area contributed by atoms with E-state index in [0.717, 1.165) is 0 Å². The van der Waals surface area contributed by atoms with E-state index in [9.17, 15) is 17.2 Å². The highest BCUT2D eigenvalue weighted by Crippen LogP contribution is 2.17. The Morgan fingerprint density at radius 3 is 2.85 bits per heavy atom. The Labute approximate surface area is 116 Å². The van der Waals surface area contributed by atoms with E-state index in [1.165, 1.54) is 18.3 Å². The normalized spacial score (nSPS) is 11.8. The highest BCUT2D eigenvalue weighted by atomic mass is 32.2. The van der Waals surface area contributed by atoms with Crippen LogP contribution in [0.25, 0.3) is 0 Å². The summed E-state index contributed by atoms with van der Waals surface area (Å²) in [6, 6.07) is 2.91. The maximum Gasteiger partial charge on any atom is 0.261 e. The summed E-state index contributed by atoms with van der Waals surface area (Å²) in [5, 5.41) is 2.84. The van der Waals surface area contributed by atoms with Crippen LogP contribution in [0.15, 0.2) is 23.2 Å². The average molecular weight is 309 g/mol. The molecule has 0 aliphatic rings. The van der Waals surface area contributed by atoms with E-state index < -0.39 is 23.1 Å². The minimum absolute atomic E-state index is 0.00992. The zero-order valence-electron chi connectivity index (χ0n) is 11.0. The Bertz CT molecular complexity index is 511. The van der Waals surface area contributed by atoms with Gasteiger partial charge in [0.1, 0.15) is 17.3 Å². The summed E-state index contributed by atoms with van der Waals surface area (Å²) in [5.41, 5.74) is 0. The first kappa shape index (κ1) is 16.7. The van der Waals surface area contributed by atoms with E-state index >= 15 is 0 Å². The van der Waals surface area contributed by atoms with Gasteiger partial charge < -0.3 is 10.1 Å². The number of halogens is 2. The van der Waals surface area contributed by atoms with Gasteiger partial charge in [0.25, 0.3) is 6.43 Å². The summed E-state index contributed by atoms with van der Waals surface area (Å²) in [7, 11) is -3.76. The van der Waals surface area contributed by atoms with Gasteiger partial charge in [0.05, 0.1) is 6.61 Å². The van der Waals surface area contributed by atoms with Gasteiger partial charge in [-0.05, 0) is 19.1 Å². The molecule has 114 valence electrons. The largest absolute Gasteiger partial charge is 0.374 e. The van der Waals surface area contributed by atoms with Crippen LogP contribution < -0.4 is 10.0 Å². The third-order valence-electron chi connectivity index (χ3n) is 2.19. The zero-order chi connectivity index (χ0) is 15.0. The van der Waals surface area contributed by atoms with Crippen LogP contribution in [-0.4, -0.2) is 46.1 Å². The van der Waals surface area contributed by atoms with E-state index in [4.69, 9.17) is 0 Å². The SMILES string of the molecule is CCNc1ncccc1S(=O)(=O)NCCOCC(F)F. The van der Waals surface area contributed by atoms with Crippen molar-refractivity contribution in [3.8, 4) is 0 Å². The minimum atomic E-state index is -3.76. The number of hydrogen-bond acceptors (Lipinski definition) is 5. The fraction of sp³-hybridized carbons (Fsp3) is 0.545. The van der Waals surface area contributed by atoms with Gasteiger partial charge in [-0.25, -0.2) is 26.9 Å². The molecule has 0 atom stereocenters. The van der Waals surface area contributed by atoms with E-state index in [2.05, 4.69) is 19.8 Å². The summed E-state index contributed by atoms with van der Waals surface area (Å²) in [5.74, 6) is 0.246. The molecule has 0 fully saturated rings. The number of pyridine rings is 1. The van der Waals surface area contributed by atoms with Crippen LogP contribution in [0.1, 0.15) is 6.92 Å². The van der Waals surface area contributed by atoms with Crippen LogP contribution in [0.3, 0.4) is 0 Å². The summed E-state index contributed by atoms with van der Waals surface area (Å²) in [6.45, 7) is 1.42. The summed E-state index contributed by atoms with van der Waals surface area (Å²) >= 11 is 0. The lowest BCUT2D eigenvalue weighted by Crippen LogP contribution is -2.28. The van der Waals surface area contributed by atoms with Crippen LogP contribution in [0.2, 0.25) is 0 Å². The average Bonchev–Trinajstić information content (AvgIpc) is 2.38. The van der Waals surface area contributed by atoms with Gasteiger partial charge in [-0.2, -0.15) is 0 Å². The van der Waals surface area contributed by atoms with Gasteiger partial charge in [0.15, 0.2) is 0 Å². The first-order chi connectivity index (χ1) is 9.47. The summed E-state index contributed by atoms with van der Waals surface area (Å²) < 4.78 is 54.6. The van der Waals surface area contributed by atoms with Crippen LogP contribution >= 0.6 is 0 Å². The van der Waals surface area contributed by atoms with Crippen molar-refractivity contribution in [2.45, 2.75) is 18.2 Å². The number of nitrogens with zero attached hydrogens (tertiary/aromatic N) is 1. The molecule has 6 nitrogen and oxygen atoms in total. The molecule has 0 aromatic carbocycles.